The largest absolute Gasteiger partial charge is 0.392 e. The van der Waals surface area contributed by atoms with E-state index in [-0.39, 0.29) is 22.2 Å². The van der Waals surface area contributed by atoms with Crippen molar-refractivity contribution in [2.45, 2.75) is 64.2 Å². The normalized spacial score (nSPS) is 27.1. The Morgan fingerprint density at radius 2 is 1.94 bits per heavy atom. The summed E-state index contributed by atoms with van der Waals surface area (Å²) in [5.74, 6) is 0.929. The lowest BCUT2D eigenvalue weighted by atomic mass is 9.96. The number of hydrogen-bond donors (Lipinski definition) is 1. The highest BCUT2D eigenvalue weighted by molar-refractivity contribution is 8.00. The molecular formula is C13H27NO2SSi. The maximum atomic E-state index is 12.4. The summed E-state index contributed by atoms with van der Waals surface area (Å²) in [5.41, 5.74) is 0. The van der Waals surface area contributed by atoms with Crippen LogP contribution in [0.25, 0.3) is 0 Å². The molecule has 0 aliphatic carbocycles. The van der Waals surface area contributed by atoms with E-state index in [9.17, 15) is 9.90 Å². The van der Waals surface area contributed by atoms with Crippen molar-refractivity contribution < 1.29 is 9.90 Å². The Kier molecular flexibility index (Phi) is 4.61. The summed E-state index contributed by atoms with van der Waals surface area (Å²) in [6.07, 6.45) is -0.539. The molecule has 0 bridgehead atoms. The minimum absolute atomic E-state index is 0.152. The van der Waals surface area contributed by atoms with Crippen LogP contribution < -0.4 is 0 Å². The van der Waals surface area contributed by atoms with Gasteiger partial charge in [-0.25, -0.2) is 0 Å². The van der Waals surface area contributed by atoms with Gasteiger partial charge in [-0.3, -0.25) is 4.79 Å². The van der Waals surface area contributed by atoms with E-state index < -0.39 is 14.3 Å². The Bertz CT molecular complexity index is 325. The van der Waals surface area contributed by atoms with Crippen molar-refractivity contribution in [3.05, 3.63) is 0 Å². The molecule has 0 spiro atoms. The number of hydrogen-bond acceptors (Lipinski definition) is 3. The number of carbonyl (C=O) groups excluding carboxylic acids is 1. The third kappa shape index (κ3) is 2.49. The summed E-state index contributed by atoms with van der Waals surface area (Å²) in [5, 5.41) is 10.1. The third-order valence-corrected chi connectivity index (χ3v) is 11.1. The number of aliphatic hydroxyl groups is 1. The van der Waals surface area contributed by atoms with Gasteiger partial charge in [0.05, 0.1) is 17.4 Å². The van der Waals surface area contributed by atoms with Gasteiger partial charge in [0.15, 0.2) is 8.24 Å². The van der Waals surface area contributed by atoms with Crippen molar-refractivity contribution in [2.24, 2.45) is 5.92 Å². The first-order valence-corrected chi connectivity index (χ1v) is 10.7. The smallest absolute Gasteiger partial charge is 0.224 e. The summed E-state index contributed by atoms with van der Waals surface area (Å²) in [6, 6.07) is 0. The van der Waals surface area contributed by atoms with Gasteiger partial charge >= 0.3 is 0 Å². The zero-order chi connectivity index (χ0) is 14.3. The minimum atomic E-state index is -1.82. The summed E-state index contributed by atoms with van der Waals surface area (Å²) in [7, 11) is -1.82. The molecule has 1 aliphatic rings. The molecular weight excluding hydrogens is 262 g/mol. The van der Waals surface area contributed by atoms with Crippen LogP contribution in [0.2, 0.25) is 18.1 Å². The molecule has 1 amide bonds. The average molecular weight is 290 g/mol. The van der Waals surface area contributed by atoms with Gasteiger partial charge in [-0.05, 0) is 17.7 Å². The summed E-state index contributed by atoms with van der Waals surface area (Å²) in [6.45, 7) is 15.0. The number of thioether (sulfide) groups is 1. The van der Waals surface area contributed by atoms with Crippen LogP contribution in [-0.2, 0) is 4.79 Å². The third-order valence-electron chi connectivity index (χ3n) is 4.38. The molecule has 1 saturated heterocycles. The van der Waals surface area contributed by atoms with Crippen molar-refractivity contribution in [3.8, 4) is 0 Å². The molecule has 3 atom stereocenters. The first-order chi connectivity index (χ1) is 8.05. The van der Waals surface area contributed by atoms with Crippen molar-refractivity contribution in [1.82, 2.24) is 4.57 Å². The fraction of sp³-hybridized carbons (Fsp3) is 0.923. The second-order valence-electron chi connectivity index (χ2n) is 6.63. The standard InChI is InChI=1S/C13H27NO2SSi/c1-8-17-12-10(9(2)15)11(16)14(12)18(6,7)13(3,4)5/h9-10,12,15H,8H2,1-7H3. The van der Waals surface area contributed by atoms with Crippen LogP contribution in [0.4, 0.5) is 0 Å². The van der Waals surface area contributed by atoms with Crippen LogP contribution in [-0.4, -0.2) is 41.0 Å². The lowest BCUT2D eigenvalue weighted by molar-refractivity contribution is -0.149. The van der Waals surface area contributed by atoms with E-state index in [1.807, 2.05) is 0 Å². The zero-order valence-corrected chi connectivity index (χ0v) is 14.5. The van der Waals surface area contributed by atoms with Gasteiger partial charge in [0.2, 0.25) is 5.91 Å². The molecule has 1 aliphatic heterocycles. The first kappa shape index (κ1) is 16.1. The van der Waals surface area contributed by atoms with E-state index in [1.54, 1.807) is 18.7 Å². The molecule has 1 heterocycles. The number of carbonyl (C=O) groups is 1. The molecule has 0 radical (unpaired) electrons. The molecule has 3 unspecified atom stereocenters. The highest BCUT2D eigenvalue weighted by Crippen LogP contribution is 2.48. The van der Waals surface area contributed by atoms with Gasteiger partial charge in [0, 0.05) is 0 Å². The summed E-state index contributed by atoms with van der Waals surface area (Å²) < 4.78 is 2.11. The van der Waals surface area contributed by atoms with E-state index in [4.69, 9.17) is 0 Å². The Labute approximate surface area is 116 Å². The number of rotatable bonds is 4. The molecule has 0 aromatic rings. The van der Waals surface area contributed by atoms with Gasteiger partial charge in [-0.1, -0.05) is 40.8 Å². The van der Waals surface area contributed by atoms with Gasteiger partial charge < -0.3 is 9.67 Å². The van der Waals surface area contributed by atoms with E-state index in [0.29, 0.717) is 0 Å². The number of nitrogens with zero attached hydrogens (tertiary/aromatic N) is 1. The van der Waals surface area contributed by atoms with E-state index in [0.717, 1.165) is 5.75 Å². The minimum Gasteiger partial charge on any atom is -0.392 e. The molecule has 1 fully saturated rings. The molecule has 18 heavy (non-hydrogen) atoms. The Balaban J connectivity index is 2.99. The Morgan fingerprint density at radius 3 is 2.28 bits per heavy atom. The highest BCUT2D eigenvalue weighted by Gasteiger charge is 2.58. The zero-order valence-electron chi connectivity index (χ0n) is 12.7. The predicted octanol–water partition coefficient (Wildman–Crippen LogP) is 2.91. The van der Waals surface area contributed by atoms with Crippen LogP contribution in [0.5, 0.6) is 0 Å². The van der Waals surface area contributed by atoms with Gasteiger partial charge in [-0.15, -0.1) is 11.8 Å². The SMILES string of the molecule is CCSC1C(C(C)O)C(=O)N1[Si](C)(C)C(C)(C)C. The topological polar surface area (TPSA) is 40.5 Å². The van der Waals surface area contributed by atoms with E-state index in [2.05, 4.69) is 45.4 Å². The van der Waals surface area contributed by atoms with Gasteiger partial charge in [0.25, 0.3) is 0 Å². The fourth-order valence-corrected chi connectivity index (χ4v) is 6.61. The van der Waals surface area contributed by atoms with E-state index in [1.165, 1.54) is 0 Å². The van der Waals surface area contributed by atoms with Gasteiger partial charge in [-0.2, -0.15) is 0 Å². The molecule has 0 aromatic carbocycles. The van der Waals surface area contributed by atoms with Crippen LogP contribution in [0.3, 0.4) is 0 Å². The fourth-order valence-electron chi connectivity index (χ4n) is 2.23. The second kappa shape index (κ2) is 5.17. The highest BCUT2D eigenvalue weighted by atomic mass is 32.2. The van der Waals surface area contributed by atoms with Crippen molar-refractivity contribution >= 4 is 25.9 Å². The number of aliphatic hydroxyl groups excluding tert-OH is 1. The summed E-state index contributed by atoms with van der Waals surface area (Å²) in [4.78, 5) is 12.4. The first-order valence-electron chi connectivity index (χ1n) is 6.68. The molecule has 0 aromatic heterocycles. The van der Waals surface area contributed by atoms with E-state index >= 15 is 0 Å². The van der Waals surface area contributed by atoms with Gasteiger partial charge in [0.1, 0.15) is 0 Å². The molecule has 106 valence electrons. The molecule has 3 nitrogen and oxygen atoms in total. The predicted molar refractivity (Wildman–Crippen MR) is 81.1 cm³/mol. The maximum absolute atomic E-state index is 12.4. The Morgan fingerprint density at radius 1 is 1.44 bits per heavy atom. The summed E-state index contributed by atoms with van der Waals surface area (Å²) >= 11 is 1.79. The van der Waals surface area contributed by atoms with Crippen LogP contribution in [0.1, 0.15) is 34.6 Å². The monoisotopic (exact) mass is 289 g/mol. The lowest BCUT2D eigenvalue weighted by Gasteiger charge is -2.58. The van der Waals surface area contributed by atoms with Crippen molar-refractivity contribution in [2.75, 3.05) is 5.75 Å². The molecule has 5 heteroatoms. The quantitative estimate of drug-likeness (QED) is 0.639. The average Bonchev–Trinajstić information content (AvgIpc) is 2.13. The van der Waals surface area contributed by atoms with Crippen LogP contribution >= 0.6 is 11.8 Å². The van der Waals surface area contributed by atoms with Crippen LogP contribution in [0, 0.1) is 5.92 Å². The number of amides is 1. The molecule has 0 saturated carbocycles. The Hall–Kier alpha value is -0.00312. The number of β-lactam (4-membered cyclic amide) rings is 1. The lowest BCUT2D eigenvalue weighted by Crippen LogP contribution is -2.73. The van der Waals surface area contributed by atoms with Crippen molar-refractivity contribution in [1.29, 1.82) is 0 Å². The van der Waals surface area contributed by atoms with Crippen LogP contribution in [0.15, 0.2) is 0 Å². The molecule has 1 N–H and O–H groups in total. The maximum Gasteiger partial charge on any atom is 0.224 e. The van der Waals surface area contributed by atoms with Crippen molar-refractivity contribution in [3.63, 3.8) is 0 Å². The second-order valence-corrected chi connectivity index (χ2v) is 13.1. The molecule has 1 rings (SSSR count).